The Morgan fingerprint density at radius 3 is 1.41 bits per heavy atom. The molecule has 4 rings (SSSR count). The molecule has 0 aliphatic heterocycles. The average molecular weight is 425 g/mol. The molecule has 0 fully saturated rings. The van der Waals surface area contributed by atoms with Crippen LogP contribution in [0.1, 0.15) is 45.9 Å². The van der Waals surface area contributed by atoms with Crippen molar-refractivity contribution in [3.05, 3.63) is 124 Å². The summed E-state index contributed by atoms with van der Waals surface area (Å²) >= 11 is 0. The number of aromatic hydroxyl groups is 3. The van der Waals surface area contributed by atoms with Crippen LogP contribution < -0.4 is 0 Å². The van der Waals surface area contributed by atoms with E-state index in [0.717, 1.165) is 39.8 Å². The van der Waals surface area contributed by atoms with Crippen molar-refractivity contribution in [2.24, 2.45) is 0 Å². The Morgan fingerprint density at radius 1 is 0.562 bits per heavy atom. The summed E-state index contributed by atoms with van der Waals surface area (Å²) in [5, 5.41) is 29.5. The molecule has 0 radical (unpaired) electrons. The molecule has 0 spiro atoms. The Bertz CT molecular complexity index is 1190. The first-order chi connectivity index (χ1) is 15.3. The smallest absolute Gasteiger partial charge is 0.115 e. The molecule has 4 aromatic carbocycles. The molecule has 0 heterocycles. The lowest BCUT2D eigenvalue weighted by molar-refractivity contribution is 0.473. The van der Waals surface area contributed by atoms with Crippen LogP contribution in [0.25, 0.3) is 0 Å². The molecule has 3 N–H and O–H groups in total. The minimum absolute atomic E-state index is 0.250. The van der Waals surface area contributed by atoms with Crippen LogP contribution in [-0.4, -0.2) is 15.3 Å². The van der Waals surface area contributed by atoms with Crippen molar-refractivity contribution >= 4 is 0 Å². The molecule has 0 aliphatic rings. The van der Waals surface area contributed by atoms with E-state index >= 15 is 0 Å². The zero-order valence-electron chi connectivity index (χ0n) is 18.6. The molecule has 3 nitrogen and oxygen atoms in total. The monoisotopic (exact) mass is 424 g/mol. The van der Waals surface area contributed by atoms with Gasteiger partial charge in [-0.3, -0.25) is 0 Å². The van der Waals surface area contributed by atoms with Crippen LogP contribution in [0.5, 0.6) is 17.2 Å². The number of benzene rings is 4. The standard InChI is InChI=1S/C29H28O3/c1-19-16-25(31)12-14-27(19)29(3,28-15-13-26(32)17-20(28)2)23-8-4-21(5-9-23)18-22-6-10-24(30)11-7-22/h4-17,30-32H,18H2,1-3H3. The Kier molecular flexibility index (Phi) is 5.67. The molecule has 162 valence electrons. The molecule has 32 heavy (non-hydrogen) atoms. The zero-order chi connectivity index (χ0) is 22.9. The minimum atomic E-state index is -0.466. The molecule has 0 aromatic heterocycles. The third-order valence-electron chi connectivity index (χ3n) is 6.37. The van der Waals surface area contributed by atoms with Crippen molar-refractivity contribution < 1.29 is 15.3 Å². The molecule has 0 saturated heterocycles. The molecule has 0 atom stereocenters. The van der Waals surface area contributed by atoms with E-state index in [9.17, 15) is 15.3 Å². The Balaban J connectivity index is 1.80. The Morgan fingerprint density at radius 2 is 0.969 bits per heavy atom. The van der Waals surface area contributed by atoms with E-state index in [4.69, 9.17) is 0 Å². The maximum atomic E-state index is 9.98. The van der Waals surface area contributed by atoms with Gasteiger partial charge in [-0.15, -0.1) is 0 Å². The first-order valence-electron chi connectivity index (χ1n) is 10.7. The second-order valence-electron chi connectivity index (χ2n) is 8.66. The van der Waals surface area contributed by atoms with Gasteiger partial charge in [0.25, 0.3) is 0 Å². The van der Waals surface area contributed by atoms with Crippen LogP contribution in [-0.2, 0) is 11.8 Å². The van der Waals surface area contributed by atoms with Crippen molar-refractivity contribution in [1.29, 1.82) is 0 Å². The first kappa shape index (κ1) is 21.5. The highest BCUT2D eigenvalue weighted by Gasteiger charge is 2.34. The van der Waals surface area contributed by atoms with E-state index in [1.54, 1.807) is 36.4 Å². The molecule has 0 unspecified atom stereocenters. The Labute approximate surface area is 189 Å². The van der Waals surface area contributed by atoms with Gasteiger partial charge in [0.1, 0.15) is 17.2 Å². The normalized spacial score (nSPS) is 11.5. The van der Waals surface area contributed by atoms with E-state index in [1.807, 2.05) is 38.1 Å². The van der Waals surface area contributed by atoms with Crippen molar-refractivity contribution in [1.82, 2.24) is 0 Å². The van der Waals surface area contributed by atoms with Gasteiger partial charge >= 0.3 is 0 Å². The average Bonchev–Trinajstić information content (AvgIpc) is 2.75. The van der Waals surface area contributed by atoms with Gasteiger partial charge in [0.15, 0.2) is 0 Å². The fourth-order valence-electron chi connectivity index (χ4n) is 4.68. The number of phenolic OH excluding ortho intramolecular Hbond substituents is 3. The van der Waals surface area contributed by atoms with E-state index in [0.29, 0.717) is 0 Å². The van der Waals surface area contributed by atoms with Crippen molar-refractivity contribution in [2.75, 3.05) is 0 Å². The van der Waals surface area contributed by atoms with Crippen LogP contribution in [0.4, 0.5) is 0 Å². The zero-order valence-corrected chi connectivity index (χ0v) is 18.6. The van der Waals surface area contributed by atoms with Crippen LogP contribution in [0, 0.1) is 13.8 Å². The highest BCUT2D eigenvalue weighted by Crippen LogP contribution is 2.43. The molecule has 0 amide bonds. The lowest BCUT2D eigenvalue weighted by Gasteiger charge is -2.35. The molecule has 0 bridgehead atoms. The molecule has 0 saturated carbocycles. The minimum Gasteiger partial charge on any atom is -0.508 e. The molecule has 4 aromatic rings. The predicted octanol–water partition coefficient (Wildman–Crippen LogP) is 6.37. The summed E-state index contributed by atoms with van der Waals surface area (Å²) in [4.78, 5) is 0. The SMILES string of the molecule is Cc1cc(O)ccc1C(C)(c1ccc(Cc2ccc(O)cc2)cc1)c1ccc(O)cc1C. The van der Waals surface area contributed by atoms with Crippen molar-refractivity contribution in [3.63, 3.8) is 0 Å². The van der Waals surface area contributed by atoms with Gasteiger partial charge < -0.3 is 15.3 Å². The van der Waals surface area contributed by atoms with E-state index < -0.39 is 5.41 Å². The predicted molar refractivity (Wildman–Crippen MR) is 129 cm³/mol. The lowest BCUT2D eigenvalue weighted by Crippen LogP contribution is -2.27. The number of hydrogen-bond donors (Lipinski definition) is 3. The second-order valence-corrected chi connectivity index (χ2v) is 8.66. The van der Waals surface area contributed by atoms with E-state index in [2.05, 4.69) is 31.2 Å². The first-order valence-corrected chi connectivity index (χ1v) is 10.7. The second kappa shape index (κ2) is 8.43. The fraction of sp³-hybridized carbons (Fsp3) is 0.172. The molecule has 3 heteroatoms. The number of phenols is 3. The maximum Gasteiger partial charge on any atom is 0.115 e. The molecular formula is C29H28O3. The Hall–Kier alpha value is -3.72. The molecular weight excluding hydrogens is 396 g/mol. The summed E-state index contributed by atoms with van der Waals surface area (Å²) in [7, 11) is 0. The van der Waals surface area contributed by atoms with E-state index in [-0.39, 0.29) is 17.2 Å². The van der Waals surface area contributed by atoms with Gasteiger partial charge in [0.05, 0.1) is 0 Å². The van der Waals surface area contributed by atoms with Gasteiger partial charge in [-0.05, 0) is 103 Å². The largest absolute Gasteiger partial charge is 0.508 e. The number of rotatable bonds is 5. The third kappa shape index (κ3) is 4.06. The number of aryl methyl sites for hydroxylation is 2. The topological polar surface area (TPSA) is 60.7 Å². The quantitative estimate of drug-likeness (QED) is 0.326. The molecule has 0 aliphatic carbocycles. The van der Waals surface area contributed by atoms with Gasteiger partial charge in [-0.2, -0.15) is 0 Å². The van der Waals surface area contributed by atoms with Crippen molar-refractivity contribution in [3.8, 4) is 17.2 Å². The highest BCUT2D eigenvalue weighted by molar-refractivity contribution is 5.56. The third-order valence-corrected chi connectivity index (χ3v) is 6.37. The summed E-state index contributed by atoms with van der Waals surface area (Å²) < 4.78 is 0. The van der Waals surface area contributed by atoms with Crippen molar-refractivity contribution in [2.45, 2.75) is 32.6 Å². The van der Waals surface area contributed by atoms with Crippen LogP contribution in [0.15, 0.2) is 84.9 Å². The van der Waals surface area contributed by atoms with E-state index in [1.165, 1.54) is 5.56 Å². The summed E-state index contributed by atoms with van der Waals surface area (Å²) in [6.07, 6.45) is 0.785. The maximum absolute atomic E-state index is 9.98. The van der Waals surface area contributed by atoms with Gasteiger partial charge in [-0.25, -0.2) is 0 Å². The summed E-state index contributed by atoms with van der Waals surface area (Å²) in [5.41, 5.74) is 7.22. The van der Waals surface area contributed by atoms with Gasteiger partial charge in [-0.1, -0.05) is 48.5 Å². The van der Waals surface area contributed by atoms with Crippen LogP contribution >= 0.6 is 0 Å². The van der Waals surface area contributed by atoms with Crippen LogP contribution in [0.2, 0.25) is 0 Å². The highest BCUT2D eigenvalue weighted by atomic mass is 16.3. The van der Waals surface area contributed by atoms with Gasteiger partial charge in [0.2, 0.25) is 0 Å². The number of hydrogen-bond acceptors (Lipinski definition) is 3. The fourth-order valence-corrected chi connectivity index (χ4v) is 4.68. The van der Waals surface area contributed by atoms with Crippen LogP contribution in [0.3, 0.4) is 0 Å². The van der Waals surface area contributed by atoms with Gasteiger partial charge in [0, 0.05) is 5.41 Å². The summed E-state index contributed by atoms with van der Waals surface area (Å²) in [6, 6.07) is 26.9. The summed E-state index contributed by atoms with van der Waals surface area (Å²) in [5.74, 6) is 0.772. The summed E-state index contributed by atoms with van der Waals surface area (Å²) in [6.45, 7) is 6.23. The lowest BCUT2D eigenvalue weighted by atomic mass is 9.68.